The van der Waals surface area contributed by atoms with Crippen molar-refractivity contribution in [2.24, 2.45) is 0 Å². The van der Waals surface area contributed by atoms with Crippen LogP contribution < -0.4 is 4.90 Å². The van der Waals surface area contributed by atoms with Gasteiger partial charge in [0.05, 0.1) is 18.7 Å². The average molecular weight is 314 g/mol. The SMILES string of the molecule is O=C(O)CC1OCCN(c2ccccc2Br)C1=O. The van der Waals surface area contributed by atoms with Crippen LogP contribution in [0.4, 0.5) is 5.69 Å². The molecule has 96 valence electrons. The Balaban J connectivity index is 2.21. The van der Waals surface area contributed by atoms with E-state index in [4.69, 9.17) is 9.84 Å². The van der Waals surface area contributed by atoms with Crippen LogP contribution in [0.3, 0.4) is 0 Å². The van der Waals surface area contributed by atoms with E-state index in [-0.39, 0.29) is 12.3 Å². The van der Waals surface area contributed by atoms with Gasteiger partial charge in [-0.2, -0.15) is 0 Å². The molecular formula is C12H12BrNO4. The van der Waals surface area contributed by atoms with Crippen molar-refractivity contribution in [3.63, 3.8) is 0 Å². The number of benzene rings is 1. The van der Waals surface area contributed by atoms with E-state index < -0.39 is 12.1 Å². The van der Waals surface area contributed by atoms with E-state index in [0.717, 1.165) is 10.2 Å². The van der Waals surface area contributed by atoms with Crippen molar-refractivity contribution in [3.8, 4) is 0 Å². The van der Waals surface area contributed by atoms with Crippen LogP contribution in [-0.4, -0.2) is 36.2 Å². The highest BCUT2D eigenvalue weighted by atomic mass is 79.9. The standard InChI is InChI=1S/C12H12BrNO4/c13-8-3-1-2-4-9(8)14-5-6-18-10(12(14)17)7-11(15)16/h1-4,10H,5-7H2,(H,15,16). The Kier molecular flexibility index (Phi) is 3.98. The molecule has 18 heavy (non-hydrogen) atoms. The molecule has 6 heteroatoms. The molecule has 1 aromatic rings. The first kappa shape index (κ1) is 13.0. The first-order chi connectivity index (χ1) is 8.59. The number of halogens is 1. The lowest BCUT2D eigenvalue weighted by Gasteiger charge is -2.32. The second kappa shape index (κ2) is 5.49. The summed E-state index contributed by atoms with van der Waals surface area (Å²) in [4.78, 5) is 24.4. The lowest BCUT2D eigenvalue weighted by molar-refractivity contribution is -0.147. The van der Waals surface area contributed by atoms with E-state index in [2.05, 4.69) is 15.9 Å². The zero-order valence-corrected chi connectivity index (χ0v) is 11.1. The Labute approximate surface area is 112 Å². The molecule has 0 aromatic heterocycles. The summed E-state index contributed by atoms with van der Waals surface area (Å²) in [5.74, 6) is -1.35. The topological polar surface area (TPSA) is 66.8 Å². The third-order valence-electron chi connectivity index (χ3n) is 2.68. The van der Waals surface area contributed by atoms with Gasteiger partial charge < -0.3 is 14.7 Å². The minimum absolute atomic E-state index is 0.306. The molecule has 1 heterocycles. The summed E-state index contributed by atoms with van der Waals surface area (Å²) in [5, 5.41) is 8.73. The first-order valence-corrected chi connectivity index (χ1v) is 6.28. The van der Waals surface area contributed by atoms with Gasteiger partial charge in [-0.15, -0.1) is 0 Å². The van der Waals surface area contributed by atoms with Crippen LogP contribution in [0.2, 0.25) is 0 Å². The third-order valence-corrected chi connectivity index (χ3v) is 3.35. The molecule has 0 spiro atoms. The number of amides is 1. The predicted molar refractivity (Wildman–Crippen MR) is 68.5 cm³/mol. The van der Waals surface area contributed by atoms with E-state index in [1.807, 2.05) is 24.3 Å². The highest BCUT2D eigenvalue weighted by Crippen LogP contribution is 2.28. The van der Waals surface area contributed by atoms with E-state index in [0.29, 0.717) is 13.2 Å². The molecule has 1 atom stereocenters. The summed E-state index contributed by atoms with van der Waals surface area (Å²) in [5.41, 5.74) is 0.737. The number of carboxylic acid groups (broad SMARTS) is 1. The fraction of sp³-hybridized carbons (Fsp3) is 0.333. The molecule has 1 fully saturated rings. The van der Waals surface area contributed by atoms with Crippen molar-refractivity contribution >= 4 is 33.5 Å². The monoisotopic (exact) mass is 313 g/mol. The molecule has 2 rings (SSSR count). The molecule has 1 N–H and O–H groups in total. The van der Waals surface area contributed by atoms with E-state index >= 15 is 0 Å². The Morgan fingerprint density at radius 2 is 2.22 bits per heavy atom. The number of carbonyl (C=O) groups excluding carboxylic acids is 1. The number of rotatable bonds is 3. The average Bonchev–Trinajstić information content (AvgIpc) is 2.32. The molecule has 5 nitrogen and oxygen atoms in total. The maximum Gasteiger partial charge on any atom is 0.306 e. The second-order valence-corrected chi connectivity index (χ2v) is 4.75. The summed E-state index contributed by atoms with van der Waals surface area (Å²) in [7, 11) is 0. The number of anilines is 1. The number of nitrogens with zero attached hydrogens (tertiary/aromatic N) is 1. The van der Waals surface area contributed by atoms with Gasteiger partial charge in [0.15, 0.2) is 0 Å². The van der Waals surface area contributed by atoms with Gasteiger partial charge in [-0.05, 0) is 28.1 Å². The van der Waals surface area contributed by atoms with Crippen molar-refractivity contribution in [1.29, 1.82) is 0 Å². The van der Waals surface area contributed by atoms with Crippen LogP contribution in [0, 0.1) is 0 Å². The van der Waals surface area contributed by atoms with E-state index in [9.17, 15) is 9.59 Å². The van der Waals surface area contributed by atoms with Crippen LogP contribution in [0.15, 0.2) is 28.7 Å². The highest BCUT2D eigenvalue weighted by Gasteiger charge is 2.32. The Bertz CT molecular complexity index is 477. The molecule has 1 aliphatic heterocycles. The predicted octanol–water partition coefficient (Wildman–Crippen LogP) is 1.66. The second-order valence-electron chi connectivity index (χ2n) is 3.90. The number of para-hydroxylation sites is 1. The molecule has 0 bridgehead atoms. The van der Waals surface area contributed by atoms with Crippen molar-refractivity contribution in [2.75, 3.05) is 18.1 Å². The summed E-state index contributed by atoms with van der Waals surface area (Å²) in [6.07, 6.45) is -1.21. The minimum atomic E-state index is -1.04. The molecule has 1 amide bonds. The number of carboxylic acids is 1. The molecule has 0 saturated carbocycles. The molecular weight excluding hydrogens is 302 g/mol. The normalized spacial score (nSPS) is 19.9. The lowest BCUT2D eigenvalue weighted by atomic mass is 10.1. The number of hydrogen-bond acceptors (Lipinski definition) is 3. The van der Waals surface area contributed by atoms with E-state index in [1.165, 1.54) is 0 Å². The van der Waals surface area contributed by atoms with Crippen LogP contribution in [0.5, 0.6) is 0 Å². The van der Waals surface area contributed by atoms with Gasteiger partial charge in [0.25, 0.3) is 5.91 Å². The molecule has 1 unspecified atom stereocenters. The van der Waals surface area contributed by atoms with Crippen molar-refractivity contribution in [3.05, 3.63) is 28.7 Å². The van der Waals surface area contributed by atoms with Crippen LogP contribution >= 0.6 is 15.9 Å². The van der Waals surface area contributed by atoms with Gasteiger partial charge in [-0.25, -0.2) is 0 Å². The fourth-order valence-electron chi connectivity index (χ4n) is 1.86. The van der Waals surface area contributed by atoms with Crippen molar-refractivity contribution in [2.45, 2.75) is 12.5 Å². The van der Waals surface area contributed by atoms with Gasteiger partial charge in [-0.1, -0.05) is 12.1 Å². The first-order valence-electron chi connectivity index (χ1n) is 5.49. The Morgan fingerprint density at radius 3 is 2.89 bits per heavy atom. The summed E-state index contributed by atoms with van der Waals surface area (Å²) in [6.45, 7) is 0.766. The molecule has 1 aliphatic rings. The van der Waals surface area contributed by atoms with Crippen LogP contribution in [0.25, 0.3) is 0 Å². The number of ether oxygens (including phenoxy) is 1. The maximum atomic E-state index is 12.1. The summed E-state index contributed by atoms with van der Waals surface area (Å²) < 4.78 is 6.01. The highest BCUT2D eigenvalue weighted by molar-refractivity contribution is 9.10. The number of morpholine rings is 1. The van der Waals surface area contributed by atoms with E-state index in [1.54, 1.807) is 4.90 Å². The molecule has 1 saturated heterocycles. The number of hydrogen-bond donors (Lipinski definition) is 1. The minimum Gasteiger partial charge on any atom is -0.481 e. The van der Waals surface area contributed by atoms with Gasteiger partial charge in [0.1, 0.15) is 6.10 Å². The van der Waals surface area contributed by atoms with Gasteiger partial charge in [0.2, 0.25) is 0 Å². The van der Waals surface area contributed by atoms with Gasteiger partial charge in [-0.3, -0.25) is 9.59 Å². The Morgan fingerprint density at radius 1 is 1.50 bits per heavy atom. The van der Waals surface area contributed by atoms with Crippen LogP contribution in [-0.2, 0) is 14.3 Å². The number of aliphatic carboxylic acids is 1. The smallest absolute Gasteiger partial charge is 0.306 e. The Hall–Kier alpha value is -1.40. The molecule has 1 aromatic carbocycles. The molecule has 0 radical (unpaired) electrons. The number of carbonyl (C=O) groups is 2. The van der Waals surface area contributed by atoms with Gasteiger partial charge in [0, 0.05) is 11.0 Å². The van der Waals surface area contributed by atoms with Gasteiger partial charge >= 0.3 is 5.97 Å². The quantitative estimate of drug-likeness (QED) is 0.921. The molecule has 0 aliphatic carbocycles. The zero-order chi connectivity index (χ0) is 13.1. The van der Waals surface area contributed by atoms with Crippen molar-refractivity contribution < 1.29 is 19.4 Å². The van der Waals surface area contributed by atoms with Crippen LogP contribution in [0.1, 0.15) is 6.42 Å². The fourth-order valence-corrected chi connectivity index (χ4v) is 2.36. The summed E-state index contributed by atoms with van der Waals surface area (Å²) >= 11 is 3.38. The lowest BCUT2D eigenvalue weighted by Crippen LogP contribution is -2.48. The third kappa shape index (κ3) is 2.70. The largest absolute Gasteiger partial charge is 0.481 e. The van der Waals surface area contributed by atoms with Crippen molar-refractivity contribution in [1.82, 2.24) is 0 Å². The maximum absolute atomic E-state index is 12.1. The summed E-state index contributed by atoms with van der Waals surface area (Å²) in [6, 6.07) is 7.33. The zero-order valence-electron chi connectivity index (χ0n) is 9.51.